The average molecular weight is 305 g/mol. The zero-order valence-corrected chi connectivity index (χ0v) is 13.4. The van der Waals surface area contributed by atoms with Crippen LogP contribution in [0.5, 0.6) is 0 Å². The lowest BCUT2D eigenvalue weighted by Gasteiger charge is -2.20. The molecule has 2 aromatic heterocycles. The SMILES string of the molecule is Cn1ncc(CNCc2cc[nH]c2)c1NC(=O)OC(C)(C)C. The number of carbonyl (C=O) groups is 1. The molecule has 0 saturated carbocycles. The van der Waals surface area contributed by atoms with Crippen LogP contribution < -0.4 is 10.6 Å². The number of nitrogens with zero attached hydrogens (tertiary/aromatic N) is 2. The lowest BCUT2D eigenvalue weighted by Crippen LogP contribution is -2.28. The number of rotatable bonds is 5. The van der Waals surface area contributed by atoms with Gasteiger partial charge >= 0.3 is 6.09 Å². The monoisotopic (exact) mass is 305 g/mol. The van der Waals surface area contributed by atoms with E-state index in [0.717, 1.165) is 12.1 Å². The molecule has 0 unspecified atom stereocenters. The van der Waals surface area contributed by atoms with Gasteiger partial charge in [-0.05, 0) is 32.4 Å². The smallest absolute Gasteiger partial charge is 0.413 e. The summed E-state index contributed by atoms with van der Waals surface area (Å²) in [5, 5.41) is 10.2. The number of hydrogen-bond donors (Lipinski definition) is 3. The van der Waals surface area contributed by atoms with E-state index >= 15 is 0 Å². The molecule has 0 radical (unpaired) electrons. The van der Waals surface area contributed by atoms with Crippen molar-refractivity contribution in [1.29, 1.82) is 0 Å². The van der Waals surface area contributed by atoms with Gasteiger partial charge in [-0.2, -0.15) is 5.10 Å². The van der Waals surface area contributed by atoms with E-state index in [-0.39, 0.29) is 0 Å². The first-order valence-electron chi connectivity index (χ1n) is 7.18. The second-order valence-corrected chi connectivity index (χ2v) is 6.09. The van der Waals surface area contributed by atoms with Crippen molar-refractivity contribution in [2.75, 3.05) is 5.32 Å². The quantitative estimate of drug-likeness (QED) is 0.792. The molecule has 7 heteroatoms. The van der Waals surface area contributed by atoms with Crippen LogP contribution in [0, 0.1) is 0 Å². The number of aryl methyl sites for hydroxylation is 1. The molecule has 0 spiro atoms. The van der Waals surface area contributed by atoms with Gasteiger partial charge in [0.2, 0.25) is 0 Å². The molecule has 0 fully saturated rings. The molecule has 1 amide bonds. The van der Waals surface area contributed by atoms with Crippen molar-refractivity contribution >= 4 is 11.9 Å². The van der Waals surface area contributed by atoms with Gasteiger partial charge in [0.1, 0.15) is 11.4 Å². The van der Waals surface area contributed by atoms with Crippen LogP contribution in [0.4, 0.5) is 10.6 Å². The topological polar surface area (TPSA) is 84.0 Å². The van der Waals surface area contributed by atoms with Crippen LogP contribution in [0.1, 0.15) is 31.9 Å². The Morgan fingerprint density at radius 2 is 2.18 bits per heavy atom. The second kappa shape index (κ2) is 6.65. The molecule has 0 aromatic carbocycles. The third-order valence-electron chi connectivity index (χ3n) is 2.94. The predicted molar refractivity (Wildman–Crippen MR) is 84.4 cm³/mol. The molecule has 2 rings (SSSR count). The normalized spacial score (nSPS) is 11.5. The fourth-order valence-electron chi connectivity index (χ4n) is 1.98. The summed E-state index contributed by atoms with van der Waals surface area (Å²) >= 11 is 0. The van der Waals surface area contributed by atoms with Gasteiger partial charge in [0.05, 0.1) is 6.20 Å². The van der Waals surface area contributed by atoms with Crippen molar-refractivity contribution in [3.8, 4) is 0 Å². The number of hydrogen-bond acceptors (Lipinski definition) is 4. The number of amides is 1. The van der Waals surface area contributed by atoms with Crippen LogP contribution in [-0.2, 0) is 24.9 Å². The van der Waals surface area contributed by atoms with E-state index in [4.69, 9.17) is 4.74 Å². The summed E-state index contributed by atoms with van der Waals surface area (Å²) in [6, 6.07) is 2.01. The van der Waals surface area contributed by atoms with Crippen LogP contribution in [0.15, 0.2) is 24.7 Å². The van der Waals surface area contributed by atoms with E-state index in [9.17, 15) is 4.79 Å². The Balaban J connectivity index is 1.94. The highest BCUT2D eigenvalue weighted by molar-refractivity contribution is 5.84. The molecule has 2 aromatic rings. The van der Waals surface area contributed by atoms with Crippen LogP contribution in [0.2, 0.25) is 0 Å². The molecular weight excluding hydrogens is 282 g/mol. The largest absolute Gasteiger partial charge is 0.444 e. The van der Waals surface area contributed by atoms with E-state index in [2.05, 4.69) is 20.7 Å². The van der Waals surface area contributed by atoms with Crippen molar-refractivity contribution in [2.24, 2.45) is 7.05 Å². The molecule has 0 saturated heterocycles. The third kappa shape index (κ3) is 4.63. The maximum absolute atomic E-state index is 11.9. The Labute approximate surface area is 130 Å². The van der Waals surface area contributed by atoms with Gasteiger partial charge in [0.25, 0.3) is 0 Å². The molecule has 3 N–H and O–H groups in total. The summed E-state index contributed by atoms with van der Waals surface area (Å²) in [6.07, 6.45) is 5.08. The fraction of sp³-hybridized carbons (Fsp3) is 0.467. The molecule has 0 bridgehead atoms. The first kappa shape index (κ1) is 16.1. The summed E-state index contributed by atoms with van der Waals surface area (Å²) in [7, 11) is 1.78. The number of ether oxygens (including phenoxy) is 1. The zero-order valence-electron chi connectivity index (χ0n) is 13.4. The van der Waals surface area contributed by atoms with Gasteiger partial charge in [0.15, 0.2) is 0 Å². The molecular formula is C15H23N5O2. The minimum absolute atomic E-state index is 0.483. The molecule has 22 heavy (non-hydrogen) atoms. The molecule has 120 valence electrons. The highest BCUT2D eigenvalue weighted by atomic mass is 16.6. The standard InChI is InChI=1S/C15H23N5O2/c1-15(2,3)22-14(21)19-13-12(10-18-20(13)4)9-17-8-11-5-6-16-7-11/h5-7,10,16-17H,8-9H2,1-4H3,(H,19,21). The number of H-pyrrole nitrogens is 1. The summed E-state index contributed by atoms with van der Waals surface area (Å²) in [5.41, 5.74) is 1.55. The number of aromatic amines is 1. The first-order chi connectivity index (χ1) is 10.3. The third-order valence-corrected chi connectivity index (χ3v) is 2.94. The van der Waals surface area contributed by atoms with E-state index in [1.807, 2.05) is 39.2 Å². The highest BCUT2D eigenvalue weighted by Crippen LogP contribution is 2.16. The Morgan fingerprint density at radius 1 is 1.41 bits per heavy atom. The number of carbonyl (C=O) groups excluding carboxylic acids is 1. The van der Waals surface area contributed by atoms with Crippen molar-refractivity contribution < 1.29 is 9.53 Å². The predicted octanol–water partition coefficient (Wildman–Crippen LogP) is 2.38. The van der Waals surface area contributed by atoms with Crippen LogP contribution in [0.3, 0.4) is 0 Å². The van der Waals surface area contributed by atoms with Gasteiger partial charge in [0, 0.05) is 38.1 Å². The molecule has 0 aliphatic heterocycles. The highest BCUT2D eigenvalue weighted by Gasteiger charge is 2.18. The van der Waals surface area contributed by atoms with Gasteiger partial charge in [-0.3, -0.25) is 10.00 Å². The minimum Gasteiger partial charge on any atom is -0.444 e. The van der Waals surface area contributed by atoms with Crippen molar-refractivity contribution in [3.05, 3.63) is 35.8 Å². The second-order valence-electron chi connectivity index (χ2n) is 6.09. The van der Waals surface area contributed by atoms with Gasteiger partial charge in [-0.25, -0.2) is 4.79 Å². The Kier molecular flexibility index (Phi) is 4.87. The number of aromatic nitrogens is 3. The van der Waals surface area contributed by atoms with E-state index < -0.39 is 11.7 Å². The van der Waals surface area contributed by atoms with Crippen LogP contribution in [-0.4, -0.2) is 26.5 Å². The maximum Gasteiger partial charge on any atom is 0.413 e. The Morgan fingerprint density at radius 3 is 2.82 bits per heavy atom. The van der Waals surface area contributed by atoms with E-state index in [1.165, 1.54) is 5.56 Å². The Bertz CT molecular complexity index is 610. The van der Waals surface area contributed by atoms with Crippen LogP contribution in [0.25, 0.3) is 0 Å². The van der Waals surface area contributed by atoms with Crippen molar-refractivity contribution in [2.45, 2.75) is 39.5 Å². The summed E-state index contributed by atoms with van der Waals surface area (Å²) in [6.45, 7) is 6.83. The molecule has 0 aliphatic carbocycles. The average Bonchev–Trinajstić information content (AvgIpc) is 3.01. The fourth-order valence-corrected chi connectivity index (χ4v) is 1.98. The lowest BCUT2D eigenvalue weighted by atomic mass is 10.2. The van der Waals surface area contributed by atoms with Crippen molar-refractivity contribution in [1.82, 2.24) is 20.1 Å². The number of anilines is 1. The minimum atomic E-state index is -0.532. The Hall–Kier alpha value is -2.28. The summed E-state index contributed by atoms with van der Waals surface area (Å²) in [4.78, 5) is 14.9. The van der Waals surface area contributed by atoms with E-state index in [0.29, 0.717) is 12.4 Å². The molecule has 7 nitrogen and oxygen atoms in total. The van der Waals surface area contributed by atoms with Crippen LogP contribution >= 0.6 is 0 Å². The molecule has 0 atom stereocenters. The maximum atomic E-state index is 11.9. The van der Waals surface area contributed by atoms with Gasteiger partial charge < -0.3 is 15.0 Å². The van der Waals surface area contributed by atoms with Gasteiger partial charge in [-0.15, -0.1) is 0 Å². The van der Waals surface area contributed by atoms with Crippen molar-refractivity contribution in [3.63, 3.8) is 0 Å². The van der Waals surface area contributed by atoms with Gasteiger partial charge in [-0.1, -0.05) is 0 Å². The molecule has 2 heterocycles. The molecule has 0 aliphatic rings. The first-order valence-corrected chi connectivity index (χ1v) is 7.18. The lowest BCUT2D eigenvalue weighted by molar-refractivity contribution is 0.0634. The van der Waals surface area contributed by atoms with E-state index in [1.54, 1.807) is 17.9 Å². The summed E-state index contributed by atoms with van der Waals surface area (Å²) in [5.74, 6) is 0.635. The zero-order chi connectivity index (χ0) is 16.2. The summed E-state index contributed by atoms with van der Waals surface area (Å²) < 4.78 is 6.89. The number of nitrogens with one attached hydrogen (secondary N) is 3.